The van der Waals surface area contributed by atoms with Gasteiger partial charge in [-0.05, 0) is 0 Å². The molecule has 0 aliphatic carbocycles. The molecule has 0 spiro atoms. The lowest BCUT2D eigenvalue weighted by Gasteiger charge is -2.09. The number of carbonyl (C=O) groups is 1. The molecule has 0 amide bonds. The van der Waals surface area contributed by atoms with E-state index >= 15 is 0 Å². The molecule has 0 heterocycles. The van der Waals surface area contributed by atoms with Gasteiger partial charge in [-0.2, -0.15) is 0 Å². The van der Waals surface area contributed by atoms with Gasteiger partial charge in [0.15, 0.2) is 6.67 Å². The van der Waals surface area contributed by atoms with E-state index in [-0.39, 0.29) is 0 Å². The number of aliphatic hydroxyl groups is 2. The Labute approximate surface area is 44.2 Å². The molecule has 0 aromatic carbocycles. The number of carboxylic acids is 1. The fourth-order valence-corrected chi connectivity index (χ4v) is 0.0572. The summed E-state index contributed by atoms with van der Waals surface area (Å²) < 4.78 is 11.1. The smallest absolute Gasteiger partial charge is 0.366 e. The van der Waals surface area contributed by atoms with Gasteiger partial charge in [0.05, 0.1) is 0 Å². The standard InChI is InChI=1S/C3H5FO4/c4-1-3(7,8)2(5)6/h7-8H,1H2,(H,5,6). The molecule has 4 nitrogen and oxygen atoms in total. The fourth-order valence-electron chi connectivity index (χ4n) is 0.0572. The predicted octanol–water partition coefficient (Wildman–Crippen LogP) is -1.28. The van der Waals surface area contributed by atoms with Gasteiger partial charge in [0.25, 0.3) is 5.79 Å². The zero-order valence-electron chi connectivity index (χ0n) is 3.83. The lowest BCUT2D eigenvalue weighted by atomic mass is 10.3. The van der Waals surface area contributed by atoms with Crippen molar-refractivity contribution >= 4 is 5.97 Å². The van der Waals surface area contributed by atoms with Crippen LogP contribution in [0, 0.1) is 0 Å². The predicted molar refractivity (Wildman–Crippen MR) is 20.8 cm³/mol. The Hall–Kier alpha value is -0.680. The number of rotatable bonds is 2. The van der Waals surface area contributed by atoms with Crippen LogP contribution in [0.25, 0.3) is 0 Å². The molecular formula is C3H5FO4. The normalized spacial score (nSPS) is 11.4. The summed E-state index contributed by atoms with van der Waals surface area (Å²) in [7, 11) is 0. The van der Waals surface area contributed by atoms with Gasteiger partial charge in [-0.3, -0.25) is 0 Å². The van der Waals surface area contributed by atoms with Crippen LogP contribution in [0.2, 0.25) is 0 Å². The minimum absolute atomic E-state index is 1.71. The van der Waals surface area contributed by atoms with Crippen molar-refractivity contribution in [2.75, 3.05) is 6.67 Å². The molecule has 0 aliphatic heterocycles. The molecule has 0 radical (unpaired) electrons. The first kappa shape index (κ1) is 7.32. The summed E-state index contributed by atoms with van der Waals surface area (Å²) in [5.41, 5.74) is 0. The molecule has 0 aromatic rings. The molecular weight excluding hydrogens is 119 g/mol. The van der Waals surface area contributed by atoms with E-state index < -0.39 is 18.4 Å². The number of halogens is 1. The largest absolute Gasteiger partial charge is 0.477 e. The average Bonchev–Trinajstić information content (AvgIpc) is 1.67. The number of carboxylic acid groups (broad SMARTS) is 1. The van der Waals surface area contributed by atoms with Crippen molar-refractivity contribution in [2.45, 2.75) is 5.79 Å². The summed E-state index contributed by atoms with van der Waals surface area (Å²) in [6, 6.07) is 0. The maximum Gasteiger partial charge on any atom is 0.366 e. The molecule has 0 atom stereocenters. The van der Waals surface area contributed by atoms with Crippen LogP contribution in [-0.4, -0.2) is 33.8 Å². The molecule has 0 aliphatic rings. The van der Waals surface area contributed by atoms with Gasteiger partial charge in [-0.25, -0.2) is 9.18 Å². The summed E-state index contributed by atoms with van der Waals surface area (Å²) in [5.74, 6) is -5.19. The third-order valence-corrected chi connectivity index (χ3v) is 0.529. The van der Waals surface area contributed by atoms with Gasteiger partial charge >= 0.3 is 5.97 Å². The van der Waals surface area contributed by atoms with E-state index in [2.05, 4.69) is 0 Å². The lowest BCUT2D eigenvalue weighted by Crippen LogP contribution is -2.40. The van der Waals surface area contributed by atoms with Gasteiger partial charge < -0.3 is 15.3 Å². The first-order valence-electron chi connectivity index (χ1n) is 1.75. The second-order valence-electron chi connectivity index (χ2n) is 1.26. The summed E-state index contributed by atoms with van der Waals surface area (Å²) in [4.78, 5) is 9.51. The molecule has 5 heteroatoms. The highest BCUT2D eigenvalue weighted by Crippen LogP contribution is 1.97. The van der Waals surface area contributed by atoms with Crippen molar-refractivity contribution in [1.82, 2.24) is 0 Å². The number of hydrogen-bond acceptors (Lipinski definition) is 3. The molecule has 0 unspecified atom stereocenters. The topological polar surface area (TPSA) is 77.8 Å². The van der Waals surface area contributed by atoms with Crippen LogP contribution in [0.15, 0.2) is 0 Å². The van der Waals surface area contributed by atoms with Crippen LogP contribution < -0.4 is 0 Å². The second kappa shape index (κ2) is 2.06. The van der Waals surface area contributed by atoms with E-state index in [0.717, 1.165) is 0 Å². The van der Waals surface area contributed by atoms with Gasteiger partial charge in [0.1, 0.15) is 0 Å². The van der Waals surface area contributed by atoms with Crippen LogP contribution in [-0.2, 0) is 4.79 Å². The summed E-state index contributed by atoms with van der Waals surface area (Å²) in [6.45, 7) is -1.71. The molecule has 0 aromatic heterocycles. The number of hydrogen-bond donors (Lipinski definition) is 3. The molecule has 0 saturated heterocycles. The first-order valence-corrected chi connectivity index (χ1v) is 1.75. The minimum Gasteiger partial charge on any atom is -0.477 e. The minimum atomic E-state index is -3.21. The van der Waals surface area contributed by atoms with E-state index in [4.69, 9.17) is 15.3 Å². The highest BCUT2D eigenvalue weighted by Gasteiger charge is 2.32. The Kier molecular flexibility index (Phi) is 1.88. The average molecular weight is 124 g/mol. The lowest BCUT2D eigenvalue weighted by molar-refractivity contribution is -0.207. The van der Waals surface area contributed by atoms with Crippen LogP contribution >= 0.6 is 0 Å². The number of aliphatic carboxylic acids is 1. The number of alkyl halides is 1. The highest BCUT2D eigenvalue weighted by atomic mass is 19.1. The Morgan fingerprint density at radius 2 is 2.00 bits per heavy atom. The zero-order chi connectivity index (χ0) is 6.78. The molecule has 8 heavy (non-hydrogen) atoms. The van der Waals surface area contributed by atoms with Gasteiger partial charge in [0.2, 0.25) is 0 Å². The van der Waals surface area contributed by atoms with Crippen LogP contribution in [0.3, 0.4) is 0 Å². The van der Waals surface area contributed by atoms with Crippen molar-refractivity contribution < 1.29 is 24.5 Å². The Bertz CT molecular complexity index is 99.5. The van der Waals surface area contributed by atoms with Crippen LogP contribution in [0.4, 0.5) is 4.39 Å². The third-order valence-electron chi connectivity index (χ3n) is 0.529. The SMILES string of the molecule is O=C(O)C(O)(O)CF. The first-order chi connectivity index (χ1) is 3.50. The molecule has 0 bridgehead atoms. The zero-order valence-corrected chi connectivity index (χ0v) is 3.83. The van der Waals surface area contributed by atoms with Crippen molar-refractivity contribution in [3.05, 3.63) is 0 Å². The molecule has 48 valence electrons. The quantitative estimate of drug-likeness (QED) is 0.401. The maximum atomic E-state index is 11.1. The van der Waals surface area contributed by atoms with Gasteiger partial charge in [-0.15, -0.1) is 0 Å². The Morgan fingerprint density at radius 1 is 1.62 bits per heavy atom. The second-order valence-corrected chi connectivity index (χ2v) is 1.26. The van der Waals surface area contributed by atoms with Gasteiger partial charge in [0, 0.05) is 0 Å². The van der Waals surface area contributed by atoms with Crippen LogP contribution in [0.5, 0.6) is 0 Å². The third kappa shape index (κ3) is 1.43. The summed E-state index contributed by atoms with van der Waals surface area (Å²) >= 11 is 0. The monoisotopic (exact) mass is 124 g/mol. The van der Waals surface area contributed by atoms with E-state index in [1.165, 1.54) is 0 Å². The van der Waals surface area contributed by atoms with Crippen molar-refractivity contribution in [1.29, 1.82) is 0 Å². The van der Waals surface area contributed by atoms with E-state index in [0.29, 0.717) is 0 Å². The van der Waals surface area contributed by atoms with Crippen molar-refractivity contribution in [2.24, 2.45) is 0 Å². The molecule has 0 rings (SSSR count). The van der Waals surface area contributed by atoms with Crippen LogP contribution in [0.1, 0.15) is 0 Å². The summed E-state index contributed by atoms with van der Waals surface area (Å²) in [5, 5.41) is 23.7. The van der Waals surface area contributed by atoms with E-state index in [1.54, 1.807) is 0 Å². The molecule has 0 saturated carbocycles. The van der Waals surface area contributed by atoms with Gasteiger partial charge in [-0.1, -0.05) is 0 Å². The Balaban J connectivity index is 3.91. The van der Waals surface area contributed by atoms with E-state index in [1.807, 2.05) is 0 Å². The van der Waals surface area contributed by atoms with Crippen molar-refractivity contribution in [3.63, 3.8) is 0 Å². The summed E-state index contributed by atoms with van der Waals surface area (Å²) in [6.07, 6.45) is 0. The molecule has 3 N–H and O–H groups in total. The fraction of sp³-hybridized carbons (Fsp3) is 0.667. The Morgan fingerprint density at radius 3 is 2.00 bits per heavy atom. The highest BCUT2D eigenvalue weighted by molar-refractivity contribution is 5.74. The maximum absolute atomic E-state index is 11.1. The van der Waals surface area contributed by atoms with Crippen molar-refractivity contribution in [3.8, 4) is 0 Å². The van der Waals surface area contributed by atoms with E-state index in [9.17, 15) is 9.18 Å². The molecule has 0 fully saturated rings.